The zero-order chi connectivity index (χ0) is 18.4. The summed E-state index contributed by atoms with van der Waals surface area (Å²) in [5.41, 5.74) is 2.89. The molecule has 0 bridgehead atoms. The zero-order valence-electron chi connectivity index (χ0n) is 15.2. The number of benzene rings is 1. The van der Waals surface area contributed by atoms with Crippen LogP contribution >= 0.6 is 11.6 Å². The van der Waals surface area contributed by atoms with Gasteiger partial charge in [0.1, 0.15) is 0 Å². The largest absolute Gasteiger partial charge is 0.348 e. The lowest BCUT2D eigenvalue weighted by Crippen LogP contribution is -2.59. The van der Waals surface area contributed by atoms with Crippen LogP contribution in [0.2, 0.25) is 5.15 Å². The van der Waals surface area contributed by atoms with E-state index in [4.69, 9.17) is 16.6 Å². The molecule has 7 nitrogen and oxygen atoms in total. The Balaban J connectivity index is 1.54. The fraction of sp³-hybridized carbons (Fsp3) is 0.474. The summed E-state index contributed by atoms with van der Waals surface area (Å²) in [4.78, 5) is 7.18. The lowest BCUT2D eigenvalue weighted by molar-refractivity contribution is 0.283. The molecule has 2 aliphatic rings. The van der Waals surface area contributed by atoms with Crippen LogP contribution in [0.25, 0.3) is 22.3 Å². The van der Waals surface area contributed by atoms with E-state index in [9.17, 15) is 0 Å². The first-order valence-electron chi connectivity index (χ1n) is 9.56. The van der Waals surface area contributed by atoms with Gasteiger partial charge in [-0.05, 0) is 38.0 Å². The monoisotopic (exact) mass is 383 g/mol. The Morgan fingerprint density at radius 3 is 3.00 bits per heavy atom. The summed E-state index contributed by atoms with van der Waals surface area (Å²) >= 11 is 6.44. The number of nitrogens with zero attached hydrogens (tertiary/aromatic N) is 5. The molecule has 1 aliphatic heterocycles. The first kappa shape index (κ1) is 16.9. The fourth-order valence-electron chi connectivity index (χ4n) is 4.41. The molecule has 27 heavy (non-hydrogen) atoms. The van der Waals surface area contributed by atoms with Crippen molar-refractivity contribution < 1.29 is 0 Å². The molecule has 0 amide bonds. The van der Waals surface area contributed by atoms with Crippen LogP contribution in [0.5, 0.6) is 0 Å². The number of hydrogen-bond donors (Lipinski definition) is 2. The third kappa shape index (κ3) is 2.95. The van der Waals surface area contributed by atoms with Crippen molar-refractivity contribution in [2.45, 2.75) is 44.7 Å². The molecule has 5 rings (SSSR count). The summed E-state index contributed by atoms with van der Waals surface area (Å²) in [6.45, 7) is 3.84. The molecule has 1 aromatic carbocycles. The normalized spacial score (nSPS) is 22.8. The minimum absolute atomic E-state index is 0.380. The predicted molar refractivity (Wildman–Crippen MR) is 106 cm³/mol. The molecule has 1 aliphatic carbocycles. The number of halogens is 1. The number of H-pyrrole nitrogens is 1. The Bertz CT molecular complexity index is 983. The van der Waals surface area contributed by atoms with Crippen LogP contribution in [0.1, 0.15) is 31.4 Å². The van der Waals surface area contributed by atoms with Crippen molar-refractivity contribution in [3.8, 4) is 11.4 Å². The second-order valence-electron chi connectivity index (χ2n) is 7.44. The first-order chi connectivity index (χ1) is 13.2. The molecule has 140 valence electrons. The van der Waals surface area contributed by atoms with Crippen molar-refractivity contribution in [2.75, 3.05) is 18.0 Å². The van der Waals surface area contributed by atoms with Crippen LogP contribution in [0.3, 0.4) is 0 Å². The van der Waals surface area contributed by atoms with Gasteiger partial charge in [-0.1, -0.05) is 24.4 Å². The number of nitrogens with one attached hydrogen (secondary N) is 2. The van der Waals surface area contributed by atoms with Gasteiger partial charge in [0, 0.05) is 41.8 Å². The van der Waals surface area contributed by atoms with Gasteiger partial charge < -0.3 is 10.2 Å². The molecule has 2 N–H and O–H groups in total. The fourth-order valence-corrected chi connectivity index (χ4v) is 4.60. The molecule has 8 heteroatoms. The molecule has 0 spiro atoms. The predicted octanol–water partition coefficient (Wildman–Crippen LogP) is 3.10. The quantitative estimate of drug-likeness (QED) is 0.707. The second kappa shape index (κ2) is 6.73. The molecule has 1 saturated carbocycles. The number of aromatic nitrogens is 5. The van der Waals surface area contributed by atoms with E-state index in [0.29, 0.717) is 23.1 Å². The third-order valence-electron chi connectivity index (χ3n) is 5.79. The summed E-state index contributed by atoms with van der Waals surface area (Å²) in [5, 5.41) is 20.9. The number of aryl methyl sites for hydroxylation is 1. The van der Waals surface area contributed by atoms with E-state index in [-0.39, 0.29) is 0 Å². The van der Waals surface area contributed by atoms with Crippen molar-refractivity contribution in [3.05, 3.63) is 29.0 Å². The summed E-state index contributed by atoms with van der Waals surface area (Å²) < 4.78 is 0. The van der Waals surface area contributed by atoms with Crippen molar-refractivity contribution in [1.82, 2.24) is 30.7 Å². The minimum atomic E-state index is 0.380. The van der Waals surface area contributed by atoms with Crippen LogP contribution in [-0.4, -0.2) is 50.6 Å². The molecule has 2 aromatic heterocycles. The Morgan fingerprint density at radius 2 is 2.07 bits per heavy atom. The standard InChI is InChI=1S/C19H22ClN7/c1-11-13-10-12(6-7-14(13)24-23-11)18-22-19(17(20)25-26-18)27-9-8-21-15-4-2-3-5-16(15)27/h6-7,10,15-16,21H,2-5,8-9H2,1H3,(H,23,24). The van der Waals surface area contributed by atoms with E-state index in [1.165, 1.54) is 19.3 Å². The highest BCUT2D eigenvalue weighted by atomic mass is 35.5. The van der Waals surface area contributed by atoms with Gasteiger partial charge in [0.15, 0.2) is 16.8 Å². The molecule has 2 fully saturated rings. The average molecular weight is 384 g/mol. The van der Waals surface area contributed by atoms with E-state index >= 15 is 0 Å². The Labute approximate surface area is 162 Å². The van der Waals surface area contributed by atoms with Gasteiger partial charge in [-0.25, -0.2) is 4.98 Å². The summed E-state index contributed by atoms with van der Waals surface area (Å²) in [5.74, 6) is 1.35. The van der Waals surface area contributed by atoms with Crippen molar-refractivity contribution in [2.24, 2.45) is 0 Å². The van der Waals surface area contributed by atoms with Crippen LogP contribution in [0.4, 0.5) is 5.82 Å². The van der Waals surface area contributed by atoms with Crippen LogP contribution in [0.15, 0.2) is 18.2 Å². The van der Waals surface area contributed by atoms with E-state index in [1.54, 1.807) is 0 Å². The molecular formula is C19H22ClN7. The SMILES string of the molecule is Cc1[nH]nc2ccc(-c3nnc(Cl)c(N4CCNC5CCCCC54)n3)cc12. The molecule has 2 unspecified atom stereocenters. The maximum Gasteiger partial charge on any atom is 0.194 e. The summed E-state index contributed by atoms with van der Waals surface area (Å²) in [6.07, 6.45) is 4.90. The Kier molecular flexibility index (Phi) is 4.21. The third-order valence-corrected chi connectivity index (χ3v) is 6.04. The first-order valence-corrected chi connectivity index (χ1v) is 9.94. The average Bonchev–Trinajstić information content (AvgIpc) is 3.08. The number of rotatable bonds is 2. The molecule has 2 atom stereocenters. The van der Waals surface area contributed by atoms with Crippen molar-refractivity contribution >= 4 is 28.3 Å². The maximum atomic E-state index is 6.44. The Morgan fingerprint density at radius 1 is 1.19 bits per heavy atom. The highest BCUT2D eigenvalue weighted by molar-refractivity contribution is 6.31. The van der Waals surface area contributed by atoms with Crippen molar-refractivity contribution in [3.63, 3.8) is 0 Å². The minimum Gasteiger partial charge on any atom is -0.348 e. The van der Waals surface area contributed by atoms with E-state index in [2.05, 4.69) is 36.7 Å². The number of hydrogen-bond acceptors (Lipinski definition) is 6. The lowest BCUT2D eigenvalue weighted by atomic mass is 9.87. The highest BCUT2D eigenvalue weighted by Crippen LogP contribution is 2.33. The summed E-state index contributed by atoms with van der Waals surface area (Å²) in [6, 6.07) is 6.95. The second-order valence-corrected chi connectivity index (χ2v) is 7.79. The Hall–Kier alpha value is -2.25. The molecule has 0 radical (unpaired) electrons. The lowest BCUT2D eigenvalue weighted by Gasteiger charge is -2.45. The number of piperazine rings is 1. The van der Waals surface area contributed by atoms with E-state index in [1.807, 2.05) is 19.1 Å². The van der Waals surface area contributed by atoms with Gasteiger partial charge in [-0.15, -0.1) is 10.2 Å². The molecule has 1 saturated heterocycles. The number of anilines is 1. The smallest absolute Gasteiger partial charge is 0.194 e. The maximum absolute atomic E-state index is 6.44. The molecule has 3 aromatic rings. The van der Waals surface area contributed by atoms with Gasteiger partial charge in [-0.2, -0.15) is 5.10 Å². The van der Waals surface area contributed by atoms with Gasteiger partial charge in [0.2, 0.25) is 0 Å². The number of aromatic amines is 1. The van der Waals surface area contributed by atoms with Crippen LogP contribution in [0, 0.1) is 6.92 Å². The van der Waals surface area contributed by atoms with Crippen molar-refractivity contribution in [1.29, 1.82) is 0 Å². The summed E-state index contributed by atoms with van der Waals surface area (Å²) in [7, 11) is 0. The van der Waals surface area contributed by atoms with E-state index < -0.39 is 0 Å². The van der Waals surface area contributed by atoms with Gasteiger partial charge >= 0.3 is 0 Å². The zero-order valence-corrected chi connectivity index (χ0v) is 16.0. The molecular weight excluding hydrogens is 362 g/mol. The van der Waals surface area contributed by atoms with Crippen LogP contribution in [-0.2, 0) is 0 Å². The van der Waals surface area contributed by atoms with Crippen LogP contribution < -0.4 is 10.2 Å². The number of fused-ring (bicyclic) bond motifs is 2. The van der Waals surface area contributed by atoms with Gasteiger partial charge in [-0.3, -0.25) is 5.10 Å². The van der Waals surface area contributed by atoms with Gasteiger partial charge in [0.05, 0.1) is 5.52 Å². The van der Waals surface area contributed by atoms with Gasteiger partial charge in [0.25, 0.3) is 0 Å². The topological polar surface area (TPSA) is 82.6 Å². The molecule has 3 heterocycles. The highest BCUT2D eigenvalue weighted by Gasteiger charge is 2.35. The van der Waals surface area contributed by atoms with E-state index in [0.717, 1.165) is 47.5 Å².